The molecule has 3 aromatic carbocycles. The second-order valence-corrected chi connectivity index (χ2v) is 7.60. The van der Waals surface area contributed by atoms with Gasteiger partial charge in [-0.1, -0.05) is 54.6 Å². The van der Waals surface area contributed by atoms with E-state index in [0.717, 1.165) is 13.0 Å². The average Bonchev–Trinajstić information content (AvgIpc) is 3.29. The second kappa shape index (κ2) is 5.70. The minimum absolute atomic E-state index is 0.321. The number of benzene rings is 3. The van der Waals surface area contributed by atoms with E-state index in [9.17, 15) is 0 Å². The first-order valence-corrected chi connectivity index (χ1v) is 9.68. The molecular weight excluding hydrogens is 328 g/mol. The third-order valence-electron chi connectivity index (χ3n) is 6.10. The zero-order valence-corrected chi connectivity index (χ0v) is 15.1. The van der Waals surface area contributed by atoms with Crippen LogP contribution < -0.4 is 5.32 Å². The van der Waals surface area contributed by atoms with Crippen molar-refractivity contribution in [2.45, 2.75) is 19.0 Å². The molecule has 0 amide bonds. The lowest BCUT2D eigenvalue weighted by atomic mass is 9.97. The van der Waals surface area contributed by atoms with Crippen LogP contribution in [0.3, 0.4) is 0 Å². The van der Waals surface area contributed by atoms with Crippen LogP contribution in [0.5, 0.6) is 0 Å². The fourth-order valence-electron chi connectivity index (χ4n) is 4.82. The lowest BCUT2D eigenvalue weighted by molar-refractivity contribution is -0.702. The predicted octanol–water partition coefficient (Wildman–Crippen LogP) is 4.21. The normalized spacial score (nSPS) is 16.8. The molecule has 130 valence electrons. The Bertz CT molecular complexity index is 1170. The van der Waals surface area contributed by atoms with E-state index >= 15 is 0 Å². The summed E-state index contributed by atoms with van der Waals surface area (Å²) in [7, 11) is 0. The van der Waals surface area contributed by atoms with E-state index in [1.165, 1.54) is 44.8 Å². The van der Waals surface area contributed by atoms with Crippen molar-refractivity contribution < 1.29 is 5.32 Å². The number of nitrogens with zero attached hydrogens (tertiary/aromatic N) is 1. The maximum atomic E-state index is 2.47. The maximum absolute atomic E-state index is 2.47. The Kier molecular flexibility index (Phi) is 3.17. The molecule has 1 aromatic heterocycles. The van der Waals surface area contributed by atoms with Gasteiger partial charge in [0.2, 0.25) is 0 Å². The first kappa shape index (κ1) is 15.0. The zero-order valence-electron chi connectivity index (χ0n) is 15.1. The molecule has 0 saturated heterocycles. The Morgan fingerprint density at radius 3 is 2.52 bits per heavy atom. The quantitative estimate of drug-likeness (QED) is 0.468. The van der Waals surface area contributed by atoms with Gasteiger partial charge in [-0.2, -0.15) is 0 Å². The Labute approximate surface area is 159 Å². The van der Waals surface area contributed by atoms with E-state index in [-0.39, 0.29) is 0 Å². The van der Waals surface area contributed by atoms with E-state index < -0.39 is 0 Å². The molecule has 1 aliphatic carbocycles. The summed E-state index contributed by atoms with van der Waals surface area (Å²) in [5.41, 5.74) is 11.2. The summed E-state index contributed by atoms with van der Waals surface area (Å²) in [6, 6.07) is 29.4. The van der Waals surface area contributed by atoms with Crippen LogP contribution in [0.15, 0.2) is 85.1 Å². The van der Waals surface area contributed by atoms with Gasteiger partial charge >= 0.3 is 0 Å². The molecule has 6 rings (SSSR count). The molecule has 4 aromatic rings. The molecule has 0 fully saturated rings. The first-order valence-electron chi connectivity index (χ1n) is 9.68. The first-order chi connectivity index (χ1) is 13.4. The molecule has 1 atom stereocenters. The van der Waals surface area contributed by atoms with Gasteiger partial charge in [-0.25, -0.2) is 0 Å². The summed E-state index contributed by atoms with van der Waals surface area (Å²) in [4.78, 5) is 0. The van der Waals surface area contributed by atoms with Gasteiger partial charge in [0.15, 0.2) is 6.04 Å². The van der Waals surface area contributed by atoms with Gasteiger partial charge in [-0.3, -0.25) is 0 Å². The van der Waals surface area contributed by atoms with Crippen molar-refractivity contribution in [3.8, 4) is 16.8 Å². The third kappa shape index (κ3) is 2.23. The van der Waals surface area contributed by atoms with Gasteiger partial charge in [-0.15, -0.1) is 0 Å². The highest BCUT2D eigenvalue weighted by molar-refractivity contribution is 5.77. The lowest BCUT2D eigenvalue weighted by Crippen LogP contribution is -2.83. The molecule has 0 unspecified atom stereocenters. The molecule has 0 saturated carbocycles. The van der Waals surface area contributed by atoms with Gasteiger partial charge in [0.1, 0.15) is 6.54 Å². The molecule has 2 aliphatic rings. The number of nitrogens with two attached hydrogens (primary N) is 1. The number of aromatic nitrogens is 1. The van der Waals surface area contributed by atoms with Crippen molar-refractivity contribution in [2.24, 2.45) is 0 Å². The van der Waals surface area contributed by atoms with Crippen molar-refractivity contribution >= 4 is 0 Å². The molecule has 2 heteroatoms. The highest BCUT2D eigenvalue weighted by Crippen LogP contribution is 2.38. The van der Waals surface area contributed by atoms with E-state index in [2.05, 4.69) is 94.9 Å². The van der Waals surface area contributed by atoms with Gasteiger partial charge in [-0.05, 0) is 52.9 Å². The monoisotopic (exact) mass is 349 g/mol. The smallest absolute Gasteiger partial charge is 0.153 e. The van der Waals surface area contributed by atoms with E-state index in [4.69, 9.17) is 0 Å². The molecule has 2 N–H and O–H groups in total. The standard InChI is InChI=1S/C25H20N2/c1-3-8-21-17(6-1)14-20-15-18(11-12-22(20)21)25-24-10-5-13-27(24)23-9-4-2-7-19(23)16-26-25/h1-13,15,25-26H,14,16H2/p+1/t25-/m1/s1. The van der Waals surface area contributed by atoms with Crippen LogP contribution in [-0.2, 0) is 13.0 Å². The number of hydrogen-bond donors (Lipinski definition) is 1. The van der Waals surface area contributed by atoms with Crippen LogP contribution in [0.25, 0.3) is 16.8 Å². The predicted molar refractivity (Wildman–Crippen MR) is 108 cm³/mol. The third-order valence-corrected chi connectivity index (χ3v) is 6.10. The number of quaternary nitrogens is 1. The zero-order chi connectivity index (χ0) is 17.8. The second-order valence-electron chi connectivity index (χ2n) is 7.60. The van der Waals surface area contributed by atoms with Crippen molar-refractivity contribution in [3.63, 3.8) is 0 Å². The highest BCUT2D eigenvalue weighted by Gasteiger charge is 2.27. The fraction of sp³-hybridized carbons (Fsp3) is 0.120. The highest BCUT2D eigenvalue weighted by atomic mass is 15.1. The Hall–Kier alpha value is -3.10. The Morgan fingerprint density at radius 2 is 1.56 bits per heavy atom. The van der Waals surface area contributed by atoms with Crippen LogP contribution in [0, 0.1) is 0 Å². The maximum Gasteiger partial charge on any atom is 0.153 e. The summed E-state index contributed by atoms with van der Waals surface area (Å²) >= 11 is 0. The molecule has 0 spiro atoms. The van der Waals surface area contributed by atoms with Crippen LogP contribution >= 0.6 is 0 Å². The van der Waals surface area contributed by atoms with Crippen LogP contribution in [0.4, 0.5) is 0 Å². The number of hydrogen-bond acceptors (Lipinski definition) is 0. The Balaban J connectivity index is 1.45. The lowest BCUT2D eigenvalue weighted by Gasteiger charge is -2.16. The topological polar surface area (TPSA) is 21.5 Å². The van der Waals surface area contributed by atoms with Crippen molar-refractivity contribution in [1.82, 2.24) is 4.57 Å². The van der Waals surface area contributed by atoms with Gasteiger partial charge in [0.05, 0.1) is 11.4 Å². The SMILES string of the molecule is c1ccc2c(c1)Cc1cc([C@H]3[NH2+]Cc4ccccc4-n4cccc43)ccc1-2. The van der Waals surface area contributed by atoms with E-state index in [1.54, 1.807) is 0 Å². The summed E-state index contributed by atoms with van der Waals surface area (Å²) < 4.78 is 2.37. The van der Waals surface area contributed by atoms with Gasteiger partial charge < -0.3 is 9.88 Å². The summed E-state index contributed by atoms with van der Waals surface area (Å²) in [5.74, 6) is 0. The van der Waals surface area contributed by atoms with Crippen LogP contribution in [0.2, 0.25) is 0 Å². The molecular formula is C25H21N2+. The molecule has 2 nitrogen and oxygen atoms in total. The van der Waals surface area contributed by atoms with Crippen molar-refractivity contribution in [1.29, 1.82) is 0 Å². The number of fused-ring (bicyclic) bond motifs is 6. The summed E-state index contributed by atoms with van der Waals surface area (Å²) in [6.07, 6.45) is 3.25. The van der Waals surface area contributed by atoms with Crippen LogP contribution in [0.1, 0.15) is 34.0 Å². The summed E-state index contributed by atoms with van der Waals surface area (Å²) in [5, 5.41) is 2.47. The largest absolute Gasteiger partial charge is 0.331 e. The van der Waals surface area contributed by atoms with Gasteiger partial charge in [0, 0.05) is 17.3 Å². The number of para-hydroxylation sites is 1. The molecule has 0 bridgehead atoms. The number of rotatable bonds is 1. The molecule has 1 aliphatic heterocycles. The molecule has 2 heterocycles. The Morgan fingerprint density at radius 1 is 0.741 bits per heavy atom. The minimum atomic E-state index is 0.321. The minimum Gasteiger partial charge on any atom is -0.331 e. The average molecular weight is 349 g/mol. The van der Waals surface area contributed by atoms with Crippen LogP contribution in [-0.4, -0.2) is 4.57 Å². The van der Waals surface area contributed by atoms with E-state index in [0.29, 0.717) is 6.04 Å². The molecule has 0 radical (unpaired) electrons. The fourth-order valence-corrected chi connectivity index (χ4v) is 4.82. The van der Waals surface area contributed by atoms with Crippen molar-refractivity contribution in [2.75, 3.05) is 0 Å². The molecule has 27 heavy (non-hydrogen) atoms. The summed E-state index contributed by atoms with van der Waals surface area (Å²) in [6.45, 7) is 1.000. The van der Waals surface area contributed by atoms with E-state index in [1.807, 2.05) is 0 Å². The van der Waals surface area contributed by atoms with Crippen molar-refractivity contribution in [3.05, 3.63) is 113 Å². The van der Waals surface area contributed by atoms with Gasteiger partial charge in [0.25, 0.3) is 0 Å².